The Hall–Kier alpha value is -2.16. The lowest BCUT2D eigenvalue weighted by molar-refractivity contribution is 0.0939. The van der Waals surface area contributed by atoms with E-state index in [0.717, 1.165) is 5.56 Å². The molecule has 2 aromatic rings. The maximum absolute atomic E-state index is 12.1. The van der Waals surface area contributed by atoms with Crippen LogP contribution in [0.4, 0.5) is 0 Å². The zero-order valence-corrected chi connectivity index (χ0v) is 11.5. The Balaban J connectivity index is 2.13. The summed E-state index contributed by atoms with van der Waals surface area (Å²) in [5.41, 5.74) is 4.20. The number of hydrogen-bond acceptors (Lipinski definition) is 2. The van der Waals surface area contributed by atoms with Crippen LogP contribution in [0, 0.1) is 13.8 Å². The molecule has 1 N–H and O–H groups in total. The molecule has 3 nitrogen and oxygen atoms in total. The highest BCUT2D eigenvalue weighted by Gasteiger charge is 2.12. The van der Waals surface area contributed by atoms with Gasteiger partial charge in [0.05, 0.1) is 6.04 Å². The van der Waals surface area contributed by atoms with Gasteiger partial charge in [-0.25, -0.2) is 0 Å². The molecule has 1 heterocycles. The van der Waals surface area contributed by atoms with Gasteiger partial charge < -0.3 is 5.32 Å². The third-order valence-electron chi connectivity index (χ3n) is 3.18. The number of aryl methyl sites for hydroxylation is 2. The van der Waals surface area contributed by atoms with E-state index in [2.05, 4.69) is 42.3 Å². The van der Waals surface area contributed by atoms with Crippen LogP contribution in [0.15, 0.2) is 42.7 Å². The molecular formula is C16H18N2O. The van der Waals surface area contributed by atoms with Gasteiger partial charge in [-0.2, -0.15) is 0 Å². The third-order valence-corrected chi connectivity index (χ3v) is 3.18. The molecule has 0 saturated heterocycles. The van der Waals surface area contributed by atoms with E-state index in [1.807, 2.05) is 6.92 Å². The molecule has 0 aliphatic carbocycles. The van der Waals surface area contributed by atoms with E-state index < -0.39 is 0 Å². The zero-order chi connectivity index (χ0) is 13.8. The predicted molar refractivity (Wildman–Crippen MR) is 76.0 cm³/mol. The van der Waals surface area contributed by atoms with Crippen molar-refractivity contribution in [1.29, 1.82) is 0 Å². The second-order valence-corrected chi connectivity index (χ2v) is 4.79. The van der Waals surface area contributed by atoms with E-state index in [0.29, 0.717) is 5.56 Å². The number of carbonyl (C=O) groups excluding carboxylic acids is 1. The molecule has 19 heavy (non-hydrogen) atoms. The molecule has 0 spiro atoms. The number of pyridine rings is 1. The fourth-order valence-corrected chi connectivity index (χ4v) is 2.17. The van der Waals surface area contributed by atoms with Crippen molar-refractivity contribution in [2.45, 2.75) is 26.8 Å². The second kappa shape index (κ2) is 5.65. The van der Waals surface area contributed by atoms with E-state index in [9.17, 15) is 4.79 Å². The van der Waals surface area contributed by atoms with Gasteiger partial charge in [0.1, 0.15) is 0 Å². The van der Waals surface area contributed by atoms with Crippen molar-refractivity contribution in [2.24, 2.45) is 0 Å². The van der Waals surface area contributed by atoms with Gasteiger partial charge >= 0.3 is 0 Å². The summed E-state index contributed by atoms with van der Waals surface area (Å²) in [6.45, 7) is 6.13. The van der Waals surface area contributed by atoms with Crippen molar-refractivity contribution in [1.82, 2.24) is 10.3 Å². The maximum atomic E-state index is 12.1. The lowest BCUT2D eigenvalue weighted by Crippen LogP contribution is -2.27. The van der Waals surface area contributed by atoms with Crippen molar-refractivity contribution >= 4 is 5.91 Å². The van der Waals surface area contributed by atoms with Crippen LogP contribution in [0.2, 0.25) is 0 Å². The van der Waals surface area contributed by atoms with Gasteiger partial charge in [-0.1, -0.05) is 23.8 Å². The van der Waals surface area contributed by atoms with Crippen LogP contribution in [-0.4, -0.2) is 10.9 Å². The van der Waals surface area contributed by atoms with Gasteiger partial charge in [0.15, 0.2) is 0 Å². The Morgan fingerprint density at radius 2 is 1.84 bits per heavy atom. The summed E-state index contributed by atoms with van der Waals surface area (Å²) in [5, 5.41) is 3.01. The van der Waals surface area contributed by atoms with Crippen molar-refractivity contribution in [3.05, 3.63) is 65.0 Å². The number of nitrogens with one attached hydrogen (secondary N) is 1. The number of carbonyl (C=O) groups is 1. The molecule has 1 amide bonds. The molecule has 0 aliphatic rings. The topological polar surface area (TPSA) is 42.0 Å². The summed E-state index contributed by atoms with van der Waals surface area (Å²) >= 11 is 0. The zero-order valence-electron chi connectivity index (χ0n) is 11.5. The highest BCUT2D eigenvalue weighted by molar-refractivity contribution is 5.94. The molecule has 0 unspecified atom stereocenters. The molecule has 0 bridgehead atoms. The molecule has 1 aromatic heterocycles. The first-order valence-corrected chi connectivity index (χ1v) is 6.36. The minimum Gasteiger partial charge on any atom is -0.346 e. The van der Waals surface area contributed by atoms with Gasteiger partial charge in [-0.05, 0) is 44.0 Å². The number of hydrogen-bond donors (Lipinski definition) is 1. The first-order chi connectivity index (χ1) is 9.08. The normalized spacial score (nSPS) is 11.9. The predicted octanol–water partition coefficient (Wildman–Crippen LogP) is 3.19. The Labute approximate surface area is 113 Å². The highest BCUT2D eigenvalue weighted by Crippen LogP contribution is 2.18. The Morgan fingerprint density at radius 3 is 2.47 bits per heavy atom. The number of rotatable bonds is 3. The first-order valence-electron chi connectivity index (χ1n) is 6.36. The van der Waals surface area contributed by atoms with Gasteiger partial charge in [0.2, 0.25) is 0 Å². The maximum Gasteiger partial charge on any atom is 0.251 e. The van der Waals surface area contributed by atoms with Crippen molar-refractivity contribution in [3.63, 3.8) is 0 Å². The van der Waals surface area contributed by atoms with Crippen LogP contribution in [0.25, 0.3) is 0 Å². The minimum atomic E-state index is -0.0742. The van der Waals surface area contributed by atoms with Crippen LogP contribution in [0.3, 0.4) is 0 Å². The van der Waals surface area contributed by atoms with E-state index in [4.69, 9.17) is 0 Å². The number of benzene rings is 1. The quantitative estimate of drug-likeness (QED) is 0.914. The molecule has 1 atom stereocenters. The average Bonchev–Trinajstić information content (AvgIpc) is 2.39. The van der Waals surface area contributed by atoms with Crippen LogP contribution < -0.4 is 5.32 Å². The third kappa shape index (κ3) is 3.19. The average molecular weight is 254 g/mol. The lowest BCUT2D eigenvalue weighted by Gasteiger charge is -2.17. The molecule has 0 aliphatic heterocycles. The molecule has 0 radical (unpaired) electrons. The van der Waals surface area contributed by atoms with Crippen LogP contribution in [0.5, 0.6) is 0 Å². The minimum absolute atomic E-state index is 0.0127. The van der Waals surface area contributed by atoms with Crippen molar-refractivity contribution in [2.75, 3.05) is 0 Å². The fraction of sp³-hybridized carbons (Fsp3) is 0.250. The molecular weight excluding hydrogens is 236 g/mol. The monoisotopic (exact) mass is 254 g/mol. The van der Waals surface area contributed by atoms with Crippen LogP contribution in [-0.2, 0) is 0 Å². The smallest absolute Gasteiger partial charge is 0.251 e. The van der Waals surface area contributed by atoms with E-state index in [1.54, 1.807) is 24.5 Å². The molecule has 0 fully saturated rings. The second-order valence-electron chi connectivity index (χ2n) is 4.79. The molecule has 1 aromatic carbocycles. The van der Waals surface area contributed by atoms with Crippen molar-refractivity contribution < 1.29 is 4.79 Å². The molecule has 98 valence electrons. The standard InChI is InChI=1S/C16H18N2O/c1-11-4-5-15(12(2)10-11)13(3)18-16(19)14-6-8-17-9-7-14/h4-10,13H,1-3H3,(H,18,19)/t13-/m1/s1. The summed E-state index contributed by atoms with van der Waals surface area (Å²) in [4.78, 5) is 16.0. The molecule has 3 heteroatoms. The van der Waals surface area contributed by atoms with Gasteiger partial charge in [0.25, 0.3) is 5.91 Å². The number of nitrogens with zero attached hydrogens (tertiary/aromatic N) is 1. The number of amides is 1. The Morgan fingerprint density at radius 1 is 1.16 bits per heavy atom. The van der Waals surface area contributed by atoms with Gasteiger partial charge in [-0.3, -0.25) is 9.78 Å². The first kappa shape index (κ1) is 13.3. The SMILES string of the molecule is Cc1ccc([C@@H](C)NC(=O)c2ccncc2)c(C)c1. The summed E-state index contributed by atoms with van der Waals surface area (Å²) in [6, 6.07) is 9.68. The largest absolute Gasteiger partial charge is 0.346 e. The summed E-state index contributed by atoms with van der Waals surface area (Å²) in [6.07, 6.45) is 3.24. The van der Waals surface area contributed by atoms with E-state index >= 15 is 0 Å². The van der Waals surface area contributed by atoms with Crippen molar-refractivity contribution in [3.8, 4) is 0 Å². The lowest BCUT2D eigenvalue weighted by atomic mass is 10.00. The molecule has 0 saturated carbocycles. The number of aromatic nitrogens is 1. The fourth-order valence-electron chi connectivity index (χ4n) is 2.17. The van der Waals surface area contributed by atoms with E-state index in [-0.39, 0.29) is 11.9 Å². The summed E-state index contributed by atoms with van der Waals surface area (Å²) in [5.74, 6) is -0.0742. The van der Waals surface area contributed by atoms with Gasteiger partial charge in [0, 0.05) is 18.0 Å². The van der Waals surface area contributed by atoms with Crippen LogP contribution in [0.1, 0.15) is 40.0 Å². The highest BCUT2D eigenvalue weighted by atomic mass is 16.1. The summed E-state index contributed by atoms with van der Waals surface area (Å²) < 4.78 is 0. The Kier molecular flexibility index (Phi) is 3.95. The Bertz CT molecular complexity index is 579. The van der Waals surface area contributed by atoms with E-state index in [1.165, 1.54) is 11.1 Å². The molecule has 2 rings (SSSR count). The van der Waals surface area contributed by atoms with Gasteiger partial charge in [-0.15, -0.1) is 0 Å². The van der Waals surface area contributed by atoms with Crippen LogP contribution >= 0.6 is 0 Å². The summed E-state index contributed by atoms with van der Waals surface area (Å²) in [7, 11) is 0.